The highest BCUT2D eigenvalue weighted by atomic mass is 19.1. The van der Waals surface area contributed by atoms with E-state index in [0.29, 0.717) is 29.4 Å². The lowest BCUT2D eigenvalue weighted by Crippen LogP contribution is -2.30. The topological polar surface area (TPSA) is 35.9 Å². The molecule has 3 aromatic rings. The molecule has 0 aliphatic carbocycles. The molecule has 2 aromatic carbocycles. The Morgan fingerprint density at radius 3 is 2.35 bits per heavy atom. The van der Waals surface area contributed by atoms with E-state index in [1.165, 1.54) is 12.1 Å². The van der Waals surface area contributed by atoms with Crippen molar-refractivity contribution in [1.82, 2.24) is 9.47 Å². The van der Waals surface area contributed by atoms with Gasteiger partial charge in [-0.05, 0) is 54.4 Å². The van der Waals surface area contributed by atoms with Crippen LogP contribution in [0.25, 0.3) is 0 Å². The molecule has 7 heteroatoms. The van der Waals surface area contributed by atoms with Gasteiger partial charge in [0, 0.05) is 37.1 Å². The Morgan fingerprint density at radius 1 is 0.935 bits per heavy atom. The Balaban J connectivity index is 1.78. The standard InChI is InChI=1S/C24H26F2N2O3/c1-29-21-12-16(13-22(30-2)24(21)31-3)15-28-11-5-10-27-9-4-6-20(27)23(28)18-14-17(25)7-8-19(18)26/h4,6-9,12-14,23H,5,10-11,15H2,1-3H3. The van der Waals surface area contributed by atoms with E-state index in [1.807, 2.05) is 30.5 Å². The molecule has 1 aliphatic rings. The number of halogens is 2. The quantitative estimate of drug-likeness (QED) is 0.566. The molecule has 1 aliphatic heterocycles. The zero-order valence-corrected chi connectivity index (χ0v) is 17.9. The van der Waals surface area contributed by atoms with E-state index in [0.717, 1.165) is 36.8 Å². The smallest absolute Gasteiger partial charge is 0.203 e. The molecule has 1 aromatic heterocycles. The van der Waals surface area contributed by atoms with Gasteiger partial charge in [0.25, 0.3) is 0 Å². The van der Waals surface area contributed by atoms with Gasteiger partial charge in [0.2, 0.25) is 5.75 Å². The van der Waals surface area contributed by atoms with Crippen LogP contribution in [-0.2, 0) is 13.1 Å². The fraction of sp³-hybridized carbons (Fsp3) is 0.333. The van der Waals surface area contributed by atoms with Gasteiger partial charge >= 0.3 is 0 Å². The number of rotatable bonds is 6. The van der Waals surface area contributed by atoms with Crippen molar-refractivity contribution in [2.75, 3.05) is 27.9 Å². The lowest BCUT2D eigenvalue weighted by atomic mass is 10.00. The summed E-state index contributed by atoms with van der Waals surface area (Å²) < 4.78 is 47.5. The van der Waals surface area contributed by atoms with Crippen molar-refractivity contribution in [1.29, 1.82) is 0 Å². The van der Waals surface area contributed by atoms with Gasteiger partial charge in [-0.3, -0.25) is 4.90 Å². The first-order valence-corrected chi connectivity index (χ1v) is 10.2. The van der Waals surface area contributed by atoms with E-state index in [4.69, 9.17) is 14.2 Å². The van der Waals surface area contributed by atoms with Crippen LogP contribution in [0.5, 0.6) is 17.2 Å². The van der Waals surface area contributed by atoms with Gasteiger partial charge in [0.1, 0.15) is 11.6 Å². The third-order valence-electron chi connectivity index (χ3n) is 5.72. The minimum absolute atomic E-state index is 0.328. The first-order chi connectivity index (χ1) is 15.0. The summed E-state index contributed by atoms with van der Waals surface area (Å²) in [6.45, 7) is 2.04. The molecule has 5 nitrogen and oxygen atoms in total. The molecule has 0 N–H and O–H groups in total. The van der Waals surface area contributed by atoms with Gasteiger partial charge in [-0.15, -0.1) is 0 Å². The van der Waals surface area contributed by atoms with E-state index in [2.05, 4.69) is 9.47 Å². The number of benzene rings is 2. The second-order valence-electron chi connectivity index (χ2n) is 7.55. The Morgan fingerprint density at radius 2 is 1.68 bits per heavy atom. The van der Waals surface area contributed by atoms with Gasteiger partial charge in [-0.25, -0.2) is 8.78 Å². The Kier molecular flexibility index (Phi) is 6.13. The summed E-state index contributed by atoms with van der Waals surface area (Å²) in [6.07, 6.45) is 2.88. The van der Waals surface area contributed by atoms with Crippen LogP contribution in [0.15, 0.2) is 48.7 Å². The molecule has 2 heterocycles. The van der Waals surface area contributed by atoms with Crippen LogP contribution >= 0.6 is 0 Å². The average Bonchev–Trinajstić information content (AvgIpc) is 3.16. The number of aromatic nitrogens is 1. The second kappa shape index (κ2) is 8.98. The molecular weight excluding hydrogens is 402 g/mol. The fourth-order valence-electron chi connectivity index (χ4n) is 4.35. The average molecular weight is 428 g/mol. The molecule has 1 unspecified atom stereocenters. The van der Waals surface area contributed by atoms with E-state index in [9.17, 15) is 8.78 Å². The summed E-state index contributed by atoms with van der Waals surface area (Å²) in [5, 5.41) is 0. The van der Waals surface area contributed by atoms with Crippen LogP contribution in [0, 0.1) is 11.6 Å². The van der Waals surface area contributed by atoms with E-state index < -0.39 is 17.7 Å². The van der Waals surface area contributed by atoms with Gasteiger partial charge < -0.3 is 18.8 Å². The fourth-order valence-corrected chi connectivity index (χ4v) is 4.35. The SMILES string of the molecule is COc1cc(CN2CCCn3cccc3C2c2cc(F)ccc2F)cc(OC)c1OC. The number of aryl methyl sites for hydroxylation is 1. The van der Waals surface area contributed by atoms with Crippen LogP contribution in [0.4, 0.5) is 8.78 Å². The minimum Gasteiger partial charge on any atom is -0.493 e. The molecule has 0 saturated heterocycles. The minimum atomic E-state index is -0.452. The Hall–Kier alpha value is -3.06. The summed E-state index contributed by atoms with van der Waals surface area (Å²) in [6, 6.07) is 10.9. The van der Waals surface area contributed by atoms with Crippen molar-refractivity contribution in [3.05, 3.63) is 77.1 Å². The molecule has 1 atom stereocenters. The largest absolute Gasteiger partial charge is 0.493 e. The normalized spacial score (nSPS) is 16.5. The van der Waals surface area contributed by atoms with Crippen molar-refractivity contribution in [2.45, 2.75) is 25.6 Å². The van der Waals surface area contributed by atoms with Crippen LogP contribution in [0.1, 0.15) is 29.3 Å². The summed E-state index contributed by atoms with van der Waals surface area (Å²) in [4.78, 5) is 2.16. The van der Waals surface area contributed by atoms with Gasteiger partial charge in [0.05, 0.1) is 27.4 Å². The maximum absolute atomic E-state index is 14.9. The lowest BCUT2D eigenvalue weighted by molar-refractivity contribution is 0.215. The molecule has 164 valence electrons. The monoisotopic (exact) mass is 428 g/mol. The van der Waals surface area contributed by atoms with Crippen molar-refractivity contribution in [3.8, 4) is 17.2 Å². The highest BCUT2D eigenvalue weighted by Crippen LogP contribution is 2.40. The second-order valence-corrected chi connectivity index (χ2v) is 7.55. The van der Waals surface area contributed by atoms with E-state index in [-0.39, 0.29) is 0 Å². The van der Waals surface area contributed by atoms with Crippen LogP contribution in [0.2, 0.25) is 0 Å². The molecule has 0 fully saturated rings. The summed E-state index contributed by atoms with van der Waals surface area (Å²) >= 11 is 0. The molecular formula is C24H26F2N2O3. The van der Waals surface area contributed by atoms with Gasteiger partial charge in [-0.2, -0.15) is 0 Å². The summed E-state index contributed by atoms with van der Waals surface area (Å²) in [5.74, 6) is 0.765. The predicted octanol–water partition coefficient (Wildman–Crippen LogP) is 4.79. The third kappa shape index (κ3) is 4.10. The number of hydrogen-bond acceptors (Lipinski definition) is 4. The first-order valence-electron chi connectivity index (χ1n) is 10.2. The van der Waals surface area contributed by atoms with Gasteiger partial charge in [0.15, 0.2) is 11.5 Å². The number of nitrogens with zero attached hydrogens (tertiary/aromatic N) is 2. The Labute approximate surface area is 180 Å². The van der Waals surface area contributed by atoms with Crippen LogP contribution in [0.3, 0.4) is 0 Å². The van der Waals surface area contributed by atoms with Crippen molar-refractivity contribution >= 4 is 0 Å². The highest BCUT2D eigenvalue weighted by molar-refractivity contribution is 5.54. The summed E-state index contributed by atoms with van der Waals surface area (Å²) in [7, 11) is 4.71. The first kappa shape index (κ1) is 21.2. The van der Waals surface area contributed by atoms with Crippen molar-refractivity contribution in [3.63, 3.8) is 0 Å². The van der Waals surface area contributed by atoms with Crippen molar-refractivity contribution < 1.29 is 23.0 Å². The number of ether oxygens (including phenoxy) is 3. The predicted molar refractivity (Wildman–Crippen MR) is 114 cm³/mol. The zero-order valence-electron chi connectivity index (χ0n) is 17.9. The molecule has 0 saturated carbocycles. The zero-order chi connectivity index (χ0) is 22.0. The van der Waals surface area contributed by atoms with Crippen LogP contribution < -0.4 is 14.2 Å². The third-order valence-corrected chi connectivity index (χ3v) is 5.72. The van der Waals surface area contributed by atoms with Gasteiger partial charge in [-0.1, -0.05) is 0 Å². The Bertz CT molecular complexity index is 1040. The van der Waals surface area contributed by atoms with E-state index in [1.54, 1.807) is 21.3 Å². The molecule has 0 spiro atoms. The number of fused-ring (bicyclic) bond motifs is 1. The van der Waals surface area contributed by atoms with Crippen LogP contribution in [-0.4, -0.2) is 37.3 Å². The number of hydrogen-bond donors (Lipinski definition) is 0. The lowest BCUT2D eigenvalue weighted by Gasteiger charge is -2.31. The molecule has 4 rings (SSSR count). The molecule has 31 heavy (non-hydrogen) atoms. The molecule has 0 amide bonds. The molecule has 0 radical (unpaired) electrons. The molecule has 0 bridgehead atoms. The maximum atomic E-state index is 14.9. The highest BCUT2D eigenvalue weighted by Gasteiger charge is 2.30. The number of methoxy groups -OCH3 is 3. The maximum Gasteiger partial charge on any atom is 0.203 e. The summed E-state index contributed by atoms with van der Waals surface area (Å²) in [5.41, 5.74) is 2.19. The van der Waals surface area contributed by atoms with E-state index >= 15 is 0 Å². The van der Waals surface area contributed by atoms with Crippen molar-refractivity contribution in [2.24, 2.45) is 0 Å².